The molecule has 1 aromatic rings. The van der Waals surface area contributed by atoms with E-state index in [1.54, 1.807) is 0 Å². The van der Waals surface area contributed by atoms with E-state index < -0.39 is 21.9 Å². The van der Waals surface area contributed by atoms with Crippen molar-refractivity contribution < 1.29 is 23.1 Å². The van der Waals surface area contributed by atoms with Gasteiger partial charge in [0.1, 0.15) is 4.90 Å². The number of nitrogens with zero attached hydrogens (tertiary/aromatic N) is 1. The van der Waals surface area contributed by atoms with Crippen LogP contribution in [0.5, 0.6) is 0 Å². The molecule has 1 saturated heterocycles. The van der Waals surface area contributed by atoms with Crippen molar-refractivity contribution in [1.29, 1.82) is 0 Å². The topological polar surface area (TPSA) is 106 Å². The second-order valence-corrected chi connectivity index (χ2v) is 6.70. The first-order valence-corrected chi connectivity index (χ1v) is 8.19. The lowest BCUT2D eigenvalue weighted by atomic mass is 9.86. The summed E-state index contributed by atoms with van der Waals surface area (Å²) >= 11 is 0. The van der Waals surface area contributed by atoms with Crippen LogP contribution in [0.1, 0.15) is 12.8 Å². The smallest absolute Gasteiger partial charge is 0.308 e. The largest absolute Gasteiger partial charge is 0.481 e. The molecule has 0 spiro atoms. The average Bonchev–Trinajstić information content (AvgIpc) is 2.49. The standard InChI is InChI=1S/C13H18N2O5S/c16-13(17)12(10-3-6-20-7-4-10)9-15-21(18,19)11-2-1-5-14-8-11/h1-2,5,8,10,12,15H,3-4,6-7,9H2,(H,16,17). The molecule has 1 atom stereocenters. The molecule has 1 aliphatic rings. The molecule has 1 aliphatic heterocycles. The molecule has 0 radical (unpaired) electrons. The van der Waals surface area contributed by atoms with E-state index in [-0.39, 0.29) is 17.4 Å². The molecule has 1 aromatic heterocycles. The number of hydrogen-bond donors (Lipinski definition) is 2. The van der Waals surface area contributed by atoms with Crippen molar-refractivity contribution in [3.8, 4) is 0 Å². The van der Waals surface area contributed by atoms with E-state index in [0.29, 0.717) is 26.1 Å². The van der Waals surface area contributed by atoms with Crippen LogP contribution in [-0.2, 0) is 19.6 Å². The van der Waals surface area contributed by atoms with Crippen LogP contribution in [0.3, 0.4) is 0 Å². The summed E-state index contributed by atoms with van der Waals surface area (Å²) in [7, 11) is -3.73. The number of aliphatic carboxylic acids is 1. The summed E-state index contributed by atoms with van der Waals surface area (Å²) in [6.45, 7) is 0.908. The van der Waals surface area contributed by atoms with E-state index in [2.05, 4.69) is 9.71 Å². The third kappa shape index (κ3) is 4.23. The summed E-state index contributed by atoms with van der Waals surface area (Å²) in [5.41, 5.74) is 0. The summed E-state index contributed by atoms with van der Waals surface area (Å²) in [6.07, 6.45) is 3.96. The van der Waals surface area contributed by atoms with Crippen molar-refractivity contribution in [2.75, 3.05) is 19.8 Å². The normalized spacial score (nSPS) is 18.3. The molecule has 7 nitrogen and oxygen atoms in total. The first kappa shape index (κ1) is 15.9. The number of hydrogen-bond acceptors (Lipinski definition) is 5. The molecular weight excluding hydrogens is 296 g/mol. The molecule has 0 aliphatic carbocycles. The fourth-order valence-corrected chi connectivity index (χ4v) is 3.39. The monoisotopic (exact) mass is 314 g/mol. The predicted molar refractivity (Wildman–Crippen MR) is 74.1 cm³/mol. The Morgan fingerprint density at radius 1 is 1.48 bits per heavy atom. The number of nitrogens with one attached hydrogen (secondary N) is 1. The van der Waals surface area contributed by atoms with Gasteiger partial charge in [-0.2, -0.15) is 0 Å². The zero-order chi connectivity index (χ0) is 15.3. The van der Waals surface area contributed by atoms with Gasteiger partial charge in [-0.05, 0) is 30.9 Å². The summed E-state index contributed by atoms with van der Waals surface area (Å²) in [5.74, 6) is -1.82. The highest BCUT2D eigenvalue weighted by Crippen LogP contribution is 2.24. The van der Waals surface area contributed by atoms with Crippen LogP contribution in [-0.4, -0.2) is 44.2 Å². The van der Waals surface area contributed by atoms with E-state index >= 15 is 0 Å². The fourth-order valence-electron chi connectivity index (χ4n) is 2.36. The number of ether oxygens (including phenoxy) is 1. The van der Waals surface area contributed by atoms with Gasteiger partial charge in [0.25, 0.3) is 0 Å². The zero-order valence-corrected chi connectivity index (χ0v) is 12.3. The lowest BCUT2D eigenvalue weighted by molar-refractivity contribution is -0.144. The van der Waals surface area contributed by atoms with Crippen LogP contribution in [0.15, 0.2) is 29.4 Å². The minimum absolute atomic E-state index is 0.0288. The van der Waals surface area contributed by atoms with Crippen LogP contribution in [0.4, 0.5) is 0 Å². The van der Waals surface area contributed by atoms with Crippen molar-refractivity contribution in [2.24, 2.45) is 11.8 Å². The number of carboxylic acid groups (broad SMARTS) is 1. The van der Waals surface area contributed by atoms with Crippen molar-refractivity contribution >= 4 is 16.0 Å². The number of sulfonamides is 1. The average molecular weight is 314 g/mol. The quantitative estimate of drug-likeness (QED) is 0.791. The molecule has 0 aromatic carbocycles. The maximum atomic E-state index is 12.1. The van der Waals surface area contributed by atoms with E-state index in [4.69, 9.17) is 4.74 Å². The summed E-state index contributed by atoms with van der Waals surface area (Å²) < 4.78 is 31.7. The Kier molecular flexibility index (Phi) is 5.27. The Bertz CT molecular complexity index is 569. The third-order valence-corrected chi connectivity index (χ3v) is 5.00. The Hall–Kier alpha value is -1.51. The highest BCUT2D eigenvalue weighted by Gasteiger charge is 2.31. The number of carbonyl (C=O) groups is 1. The van der Waals surface area contributed by atoms with E-state index in [1.165, 1.54) is 24.5 Å². The molecule has 1 unspecified atom stereocenters. The Morgan fingerprint density at radius 3 is 2.76 bits per heavy atom. The van der Waals surface area contributed by atoms with E-state index in [1.807, 2.05) is 0 Å². The van der Waals surface area contributed by atoms with Crippen LogP contribution in [0.2, 0.25) is 0 Å². The third-order valence-electron chi connectivity index (χ3n) is 3.59. The molecular formula is C13H18N2O5S. The van der Waals surface area contributed by atoms with Gasteiger partial charge >= 0.3 is 5.97 Å². The second kappa shape index (κ2) is 6.97. The minimum atomic E-state index is -3.73. The fraction of sp³-hybridized carbons (Fsp3) is 0.538. The number of rotatable bonds is 6. The van der Waals surface area contributed by atoms with Crippen molar-refractivity contribution in [1.82, 2.24) is 9.71 Å². The van der Waals surface area contributed by atoms with Crippen molar-refractivity contribution in [3.05, 3.63) is 24.5 Å². The van der Waals surface area contributed by atoms with Gasteiger partial charge in [0.2, 0.25) is 10.0 Å². The molecule has 0 saturated carbocycles. The summed E-state index contributed by atoms with van der Waals surface area (Å²) in [4.78, 5) is 15.1. The molecule has 0 bridgehead atoms. The highest BCUT2D eigenvalue weighted by molar-refractivity contribution is 7.89. The number of carboxylic acids is 1. The molecule has 116 valence electrons. The Morgan fingerprint density at radius 2 is 2.19 bits per heavy atom. The first-order chi connectivity index (χ1) is 10.0. The molecule has 8 heteroatoms. The van der Waals surface area contributed by atoms with Crippen molar-refractivity contribution in [2.45, 2.75) is 17.7 Å². The molecule has 2 rings (SSSR count). The Balaban J connectivity index is 2.03. The molecule has 1 fully saturated rings. The van der Waals surface area contributed by atoms with Crippen LogP contribution >= 0.6 is 0 Å². The maximum absolute atomic E-state index is 12.1. The van der Waals surface area contributed by atoms with Gasteiger partial charge in [0.15, 0.2) is 0 Å². The van der Waals surface area contributed by atoms with Crippen LogP contribution < -0.4 is 4.72 Å². The molecule has 21 heavy (non-hydrogen) atoms. The second-order valence-electron chi connectivity index (χ2n) is 4.94. The predicted octanol–water partition coefficient (Wildman–Crippen LogP) is 0.487. The minimum Gasteiger partial charge on any atom is -0.481 e. The van der Waals surface area contributed by atoms with Gasteiger partial charge in [-0.3, -0.25) is 9.78 Å². The van der Waals surface area contributed by atoms with Crippen LogP contribution in [0.25, 0.3) is 0 Å². The highest BCUT2D eigenvalue weighted by atomic mass is 32.2. The van der Waals surface area contributed by atoms with Gasteiger partial charge in [0.05, 0.1) is 5.92 Å². The number of aromatic nitrogens is 1. The Labute approximate surface area is 123 Å². The molecule has 0 amide bonds. The van der Waals surface area contributed by atoms with Gasteiger partial charge in [-0.15, -0.1) is 0 Å². The zero-order valence-electron chi connectivity index (χ0n) is 11.4. The summed E-state index contributed by atoms with van der Waals surface area (Å²) in [6, 6.07) is 2.93. The summed E-state index contributed by atoms with van der Waals surface area (Å²) in [5, 5.41) is 9.30. The first-order valence-electron chi connectivity index (χ1n) is 6.71. The van der Waals surface area contributed by atoms with Gasteiger partial charge in [-0.1, -0.05) is 0 Å². The van der Waals surface area contributed by atoms with E-state index in [0.717, 1.165) is 0 Å². The molecule has 2 heterocycles. The number of pyridine rings is 1. The van der Waals surface area contributed by atoms with E-state index in [9.17, 15) is 18.3 Å². The molecule has 2 N–H and O–H groups in total. The lowest BCUT2D eigenvalue weighted by Crippen LogP contribution is -2.38. The van der Waals surface area contributed by atoms with Crippen molar-refractivity contribution in [3.63, 3.8) is 0 Å². The van der Waals surface area contributed by atoms with Gasteiger partial charge < -0.3 is 9.84 Å². The van der Waals surface area contributed by atoms with Gasteiger partial charge in [-0.25, -0.2) is 13.1 Å². The van der Waals surface area contributed by atoms with Gasteiger partial charge in [0, 0.05) is 32.2 Å². The van der Waals surface area contributed by atoms with Crippen LogP contribution in [0, 0.1) is 11.8 Å². The maximum Gasteiger partial charge on any atom is 0.308 e. The SMILES string of the molecule is O=C(O)C(CNS(=O)(=O)c1cccnc1)C1CCOCC1. The lowest BCUT2D eigenvalue weighted by Gasteiger charge is -2.27.